The lowest BCUT2D eigenvalue weighted by Crippen LogP contribution is -2.46. The van der Waals surface area contributed by atoms with Gasteiger partial charge in [0.15, 0.2) is 5.75 Å². The van der Waals surface area contributed by atoms with E-state index in [9.17, 15) is 45.1 Å². The molecular weight excluding hydrogens is 716 g/mol. The predicted octanol–water partition coefficient (Wildman–Crippen LogP) is 4.83. The van der Waals surface area contributed by atoms with Crippen LogP contribution in [0.3, 0.4) is 0 Å². The zero-order valence-corrected chi connectivity index (χ0v) is 33.2. The van der Waals surface area contributed by atoms with Crippen LogP contribution in [0.15, 0.2) is 36.1 Å². The number of quaternary nitrogens is 1. The molecule has 9 atom stereocenters. The number of aliphatic hydroxyl groups is 2. The Balaban J connectivity index is 1.98. The number of hydrogen-bond acceptors (Lipinski definition) is 13. The van der Waals surface area contributed by atoms with Crippen molar-refractivity contribution in [2.45, 2.75) is 92.1 Å². The number of ether oxygens (including phenoxy) is 4. The molecule has 15 nitrogen and oxygen atoms in total. The Morgan fingerprint density at radius 1 is 0.964 bits per heavy atom. The summed E-state index contributed by atoms with van der Waals surface area (Å²) in [6.45, 7) is 11.8. The van der Waals surface area contributed by atoms with Crippen LogP contribution in [0.1, 0.15) is 70.0 Å². The molecule has 302 valence electrons. The maximum atomic E-state index is 14.3. The Labute approximate surface area is 320 Å². The van der Waals surface area contributed by atoms with E-state index in [1.165, 1.54) is 67.3 Å². The average Bonchev–Trinajstić information content (AvgIpc) is 3.37. The van der Waals surface area contributed by atoms with Crippen LogP contribution in [0.25, 0.3) is 10.8 Å². The molecule has 0 radical (unpaired) electrons. The van der Waals surface area contributed by atoms with Gasteiger partial charge in [-0.05, 0) is 19.9 Å². The SMILES string of the molecule is CO[C@H]1/C=C/O[C@@]2(C)Oc3c(C)c(O)c4c(O)c(c(C[N+](C)(C)[O-])c(O)c4c3C2=O)NC(=O)/C(C)=C\C=C\[C@H](C)[C@H](O)[C@@H](C)[C@@H](O)[C@H](C)[C@H](OC(C)=O)[C@H]1C. The highest BCUT2D eigenvalue weighted by atomic mass is 16.7. The Hall–Kier alpha value is -4.67. The van der Waals surface area contributed by atoms with E-state index in [1.807, 2.05) is 0 Å². The van der Waals surface area contributed by atoms with E-state index in [-0.39, 0.29) is 44.5 Å². The fourth-order valence-corrected chi connectivity index (χ4v) is 7.32. The van der Waals surface area contributed by atoms with E-state index in [4.69, 9.17) is 18.9 Å². The van der Waals surface area contributed by atoms with E-state index < -0.39 is 100.0 Å². The number of aliphatic hydroxyl groups excluding tert-OH is 2. The standard InChI is InChI=1S/C40H54N2O13/c1-18-13-12-14-19(2)39(50)41-30-25(17-42(9,10)51)34(47)27-28(35(30)48)33(46)23(6)37-29(27)38(49)40(8,55-37)53-16-15-26(52-11)20(3)36(54-24(7)43)22(5)32(45)21(4)31(18)44/h12-16,18,20-22,26,31-32,36,44-48H,17H2,1-11H3,(H,41,50)/b13-12+,16-15+,19-14-/t18-,20-,21+,22-,26-,31-,32+,36+,40-/m0/s1. The van der Waals surface area contributed by atoms with Crippen molar-refractivity contribution in [2.24, 2.45) is 23.7 Å². The molecule has 1 amide bonds. The van der Waals surface area contributed by atoms with Crippen molar-refractivity contribution in [3.63, 3.8) is 0 Å². The van der Waals surface area contributed by atoms with Gasteiger partial charge in [-0.15, -0.1) is 0 Å². The zero-order chi connectivity index (χ0) is 41.5. The van der Waals surface area contributed by atoms with Gasteiger partial charge in [-0.2, -0.15) is 0 Å². The highest BCUT2D eigenvalue weighted by Gasteiger charge is 2.50. The molecule has 0 aliphatic carbocycles. The summed E-state index contributed by atoms with van der Waals surface area (Å²) in [5.41, 5.74) is -0.649. The Morgan fingerprint density at radius 2 is 1.60 bits per heavy atom. The number of rotatable bonds is 4. The summed E-state index contributed by atoms with van der Waals surface area (Å²) in [4.78, 5) is 40.1. The largest absolute Gasteiger partial charge is 0.633 e. The van der Waals surface area contributed by atoms with E-state index >= 15 is 0 Å². The molecule has 5 bridgehead atoms. The van der Waals surface area contributed by atoms with Crippen LogP contribution in [0.5, 0.6) is 23.0 Å². The molecule has 0 spiro atoms. The number of hydroxylamine groups is 3. The first-order valence-corrected chi connectivity index (χ1v) is 18.1. The number of benzene rings is 2. The number of nitrogens with one attached hydrogen (secondary N) is 1. The van der Waals surface area contributed by atoms with Crippen molar-refractivity contribution in [3.05, 3.63) is 58.0 Å². The lowest BCUT2D eigenvalue weighted by molar-refractivity contribution is -0.853. The van der Waals surface area contributed by atoms with Gasteiger partial charge in [-0.25, -0.2) is 0 Å². The number of Topliss-reactive ketones (excluding diaryl/α,β-unsaturated/α-hetero) is 1. The summed E-state index contributed by atoms with van der Waals surface area (Å²) in [5.74, 6) is -8.79. The minimum absolute atomic E-state index is 0.0178. The molecule has 3 aliphatic rings. The summed E-state index contributed by atoms with van der Waals surface area (Å²) in [6.07, 6.45) is 3.34. The normalized spacial score (nSPS) is 31.6. The number of carbonyl (C=O) groups is 3. The number of phenolic OH excluding ortho intramolecular Hbond substituents is 3. The van der Waals surface area contributed by atoms with Crippen LogP contribution >= 0.6 is 0 Å². The molecule has 2 aromatic rings. The molecule has 5 rings (SSSR count). The van der Waals surface area contributed by atoms with E-state index in [0.29, 0.717) is 0 Å². The molecule has 0 saturated heterocycles. The van der Waals surface area contributed by atoms with Gasteiger partial charge in [0.1, 0.15) is 29.9 Å². The molecule has 0 saturated carbocycles. The fraction of sp³-hybridized carbons (Fsp3) is 0.525. The third-order valence-corrected chi connectivity index (χ3v) is 10.6. The summed E-state index contributed by atoms with van der Waals surface area (Å²) in [5, 5.41) is 72.6. The molecule has 0 unspecified atom stereocenters. The zero-order valence-electron chi connectivity index (χ0n) is 33.2. The lowest BCUT2D eigenvalue weighted by Gasteiger charge is -2.38. The van der Waals surface area contributed by atoms with E-state index in [2.05, 4.69) is 5.32 Å². The summed E-state index contributed by atoms with van der Waals surface area (Å²) < 4.78 is 22.4. The molecule has 3 aliphatic heterocycles. The molecule has 55 heavy (non-hydrogen) atoms. The number of aromatic hydroxyl groups is 3. The quantitative estimate of drug-likeness (QED) is 0.0807. The van der Waals surface area contributed by atoms with Crippen LogP contribution in [0.2, 0.25) is 0 Å². The Bertz CT molecular complexity index is 1930. The van der Waals surface area contributed by atoms with Gasteiger partial charge in [0.2, 0.25) is 0 Å². The van der Waals surface area contributed by atoms with E-state index in [0.717, 1.165) is 0 Å². The third kappa shape index (κ3) is 8.45. The number of carbonyl (C=O) groups excluding carboxylic acids is 3. The fourth-order valence-electron chi connectivity index (χ4n) is 7.32. The number of allylic oxidation sites excluding steroid dienone is 2. The number of esters is 1. The molecule has 2 aromatic carbocycles. The maximum absolute atomic E-state index is 14.3. The summed E-state index contributed by atoms with van der Waals surface area (Å²) >= 11 is 0. The third-order valence-electron chi connectivity index (χ3n) is 10.6. The number of fused-ring (bicyclic) bond motifs is 14. The highest BCUT2D eigenvalue weighted by molar-refractivity contribution is 6.22. The van der Waals surface area contributed by atoms with Crippen LogP contribution < -0.4 is 10.1 Å². The monoisotopic (exact) mass is 770 g/mol. The highest BCUT2D eigenvalue weighted by Crippen LogP contribution is 2.55. The van der Waals surface area contributed by atoms with Crippen molar-refractivity contribution in [2.75, 3.05) is 26.5 Å². The summed E-state index contributed by atoms with van der Waals surface area (Å²) in [6, 6.07) is 0. The second-order valence-electron chi connectivity index (χ2n) is 15.4. The molecule has 15 heteroatoms. The molecule has 0 aromatic heterocycles. The molecule has 0 fully saturated rings. The van der Waals surface area contributed by atoms with Gasteiger partial charge in [-0.3, -0.25) is 14.4 Å². The van der Waals surface area contributed by atoms with Crippen molar-refractivity contribution in [1.29, 1.82) is 0 Å². The van der Waals surface area contributed by atoms with Crippen molar-refractivity contribution < 1.29 is 63.5 Å². The first-order valence-electron chi connectivity index (χ1n) is 18.1. The van der Waals surface area contributed by atoms with Crippen molar-refractivity contribution in [1.82, 2.24) is 0 Å². The van der Waals surface area contributed by atoms with Gasteiger partial charge in [0.05, 0.1) is 60.9 Å². The van der Waals surface area contributed by atoms with Crippen LogP contribution in [-0.2, 0) is 30.3 Å². The van der Waals surface area contributed by atoms with Gasteiger partial charge in [0.25, 0.3) is 11.7 Å². The minimum atomic E-state index is -2.07. The number of nitrogens with zero attached hydrogens (tertiary/aromatic N) is 1. The smallest absolute Gasteiger partial charge is 0.312 e. The second-order valence-corrected chi connectivity index (χ2v) is 15.4. The van der Waals surface area contributed by atoms with E-state index in [1.54, 1.807) is 39.8 Å². The number of ketones is 1. The topological polar surface area (TPSA) is 224 Å². The summed E-state index contributed by atoms with van der Waals surface area (Å²) in [7, 11) is 3.98. The number of hydrogen-bond donors (Lipinski definition) is 6. The van der Waals surface area contributed by atoms with Crippen LogP contribution in [0.4, 0.5) is 5.69 Å². The number of phenols is 3. The molecule has 3 heterocycles. The first kappa shape index (κ1) is 43.1. The minimum Gasteiger partial charge on any atom is -0.633 e. The van der Waals surface area contributed by atoms with Crippen molar-refractivity contribution >= 4 is 34.1 Å². The molecular formula is C40H54N2O13. The van der Waals surface area contributed by atoms with Gasteiger partial charge >= 0.3 is 11.8 Å². The van der Waals surface area contributed by atoms with Gasteiger partial charge < -0.3 is 59.7 Å². The van der Waals surface area contributed by atoms with Crippen LogP contribution in [0, 0.1) is 35.8 Å². The Morgan fingerprint density at radius 3 is 2.18 bits per heavy atom. The predicted molar refractivity (Wildman–Crippen MR) is 203 cm³/mol. The molecule has 6 N–H and O–H groups in total. The van der Waals surface area contributed by atoms with Gasteiger partial charge in [0, 0.05) is 61.2 Å². The Kier molecular flexibility index (Phi) is 12.7. The number of amides is 1. The van der Waals surface area contributed by atoms with Crippen molar-refractivity contribution in [3.8, 4) is 23.0 Å². The average molecular weight is 771 g/mol. The van der Waals surface area contributed by atoms with Gasteiger partial charge in [-0.1, -0.05) is 45.9 Å². The van der Waals surface area contributed by atoms with Crippen LogP contribution in [-0.4, -0.2) is 99.2 Å². The second kappa shape index (κ2) is 16.2. The number of methoxy groups -OCH3 is 1. The lowest BCUT2D eigenvalue weighted by atomic mass is 9.78. The number of anilines is 1. The maximum Gasteiger partial charge on any atom is 0.312 e. The first-order chi connectivity index (χ1) is 25.5.